The number of amides is 2. The third kappa shape index (κ3) is 6.04. The van der Waals surface area contributed by atoms with Crippen LogP contribution < -0.4 is 10.6 Å². The van der Waals surface area contributed by atoms with Crippen molar-refractivity contribution in [1.29, 1.82) is 0 Å². The second-order valence-corrected chi connectivity index (χ2v) is 4.54. The Balaban J connectivity index is 2.31. The van der Waals surface area contributed by atoms with Gasteiger partial charge in [-0.2, -0.15) is 0 Å². The van der Waals surface area contributed by atoms with Crippen LogP contribution in [0.15, 0.2) is 24.3 Å². The van der Waals surface area contributed by atoms with Crippen molar-refractivity contribution in [3.05, 3.63) is 35.4 Å². The first-order valence-electron chi connectivity index (χ1n) is 6.75. The van der Waals surface area contributed by atoms with E-state index in [1.165, 1.54) is 0 Å². The van der Waals surface area contributed by atoms with Crippen LogP contribution in [0.3, 0.4) is 0 Å². The number of nitrogens with one attached hydrogen (secondary N) is 2. The predicted octanol–water partition coefficient (Wildman–Crippen LogP) is 2.53. The molecule has 0 heterocycles. The van der Waals surface area contributed by atoms with E-state index in [0.717, 1.165) is 24.8 Å². The quantitative estimate of drug-likeness (QED) is 0.586. The van der Waals surface area contributed by atoms with Gasteiger partial charge in [0.2, 0.25) is 0 Å². The Hall–Kier alpha value is -1.84. The highest BCUT2D eigenvalue weighted by molar-refractivity contribution is 5.94. The fourth-order valence-electron chi connectivity index (χ4n) is 1.71. The van der Waals surface area contributed by atoms with Crippen molar-refractivity contribution in [2.45, 2.75) is 33.1 Å². The summed E-state index contributed by atoms with van der Waals surface area (Å²) in [5, 5.41) is 5.60. The molecule has 0 aliphatic heterocycles. The molecule has 0 saturated carbocycles. The highest BCUT2D eigenvalue weighted by Gasteiger charge is 2.02. The Morgan fingerprint density at radius 3 is 2.58 bits per heavy atom. The molecule has 0 radical (unpaired) electrons. The molecule has 1 rings (SSSR count). The number of carbonyl (C=O) groups is 2. The number of urea groups is 1. The van der Waals surface area contributed by atoms with Crippen LogP contribution >= 0.6 is 0 Å². The van der Waals surface area contributed by atoms with Crippen molar-refractivity contribution in [3.8, 4) is 0 Å². The van der Waals surface area contributed by atoms with E-state index in [9.17, 15) is 9.59 Å². The van der Waals surface area contributed by atoms with Gasteiger partial charge in [-0.05, 0) is 31.4 Å². The van der Waals surface area contributed by atoms with Crippen molar-refractivity contribution in [1.82, 2.24) is 10.6 Å². The van der Waals surface area contributed by atoms with Gasteiger partial charge in [0, 0.05) is 18.7 Å². The van der Waals surface area contributed by atoms with Gasteiger partial charge in [0.15, 0.2) is 5.78 Å². The number of rotatable bonds is 7. The minimum Gasteiger partial charge on any atom is -0.338 e. The van der Waals surface area contributed by atoms with Gasteiger partial charge in [0.25, 0.3) is 0 Å². The van der Waals surface area contributed by atoms with E-state index in [-0.39, 0.29) is 11.8 Å². The van der Waals surface area contributed by atoms with Gasteiger partial charge in [-0.3, -0.25) is 4.79 Å². The molecule has 0 spiro atoms. The van der Waals surface area contributed by atoms with Crippen molar-refractivity contribution >= 4 is 11.8 Å². The van der Waals surface area contributed by atoms with Gasteiger partial charge in [-0.25, -0.2) is 4.79 Å². The molecule has 1 aromatic rings. The number of benzene rings is 1. The van der Waals surface area contributed by atoms with Crippen LogP contribution in [0.2, 0.25) is 0 Å². The average molecular weight is 262 g/mol. The molecular formula is C15H22N2O2. The fraction of sp³-hybridized carbons (Fsp3) is 0.467. The zero-order valence-electron chi connectivity index (χ0n) is 11.7. The second kappa shape index (κ2) is 8.29. The van der Waals surface area contributed by atoms with Gasteiger partial charge < -0.3 is 10.6 Å². The summed E-state index contributed by atoms with van der Waals surface area (Å²) in [4.78, 5) is 22.7. The van der Waals surface area contributed by atoms with Crippen LogP contribution in [0, 0.1) is 0 Å². The van der Waals surface area contributed by atoms with Crippen molar-refractivity contribution in [2.75, 3.05) is 13.1 Å². The summed E-state index contributed by atoms with van der Waals surface area (Å²) < 4.78 is 0. The van der Waals surface area contributed by atoms with Crippen LogP contribution in [0.1, 0.15) is 42.6 Å². The SMILES string of the molecule is CCCCNC(=O)NCCc1cccc(C(C)=O)c1. The van der Waals surface area contributed by atoms with E-state index in [1.54, 1.807) is 13.0 Å². The maximum Gasteiger partial charge on any atom is 0.314 e. The maximum absolute atomic E-state index is 11.4. The molecule has 0 bridgehead atoms. The van der Waals surface area contributed by atoms with E-state index < -0.39 is 0 Å². The fourth-order valence-corrected chi connectivity index (χ4v) is 1.71. The first-order valence-corrected chi connectivity index (χ1v) is 6.75. The Kier molecular flexibility index (Phi) is 6.64. The maximum atomic E-state index is 11.4. The largest absolute Gasteiger partial charge is 0.338 e. The number of hydrogen-bond acceptors (Lipinski definition) is 2. The number of carbonyl (C=O) groups excluding carboxylic acids is 2. The zero-order chi connectivity index (χ0) is 14.1. The highest BCUT2D eigenvalue weighted by atomic mass is 16.2. The Bertz CT molecular complexity index is 430. The zero-order valence-corrected chi connectivity index (χ0v) is 11.7. The molecule has 0 aliphatic carbocycles. The molecule has 0 unspecified atom stereocenters. The number of hydrogen-bond donors (Lipinski definition) is 2. The monoisotopic (exact) mass is 262 g/mol. The van der Waals surface area contributed by atoms with Crippen LogP contribution in [-0.2, 0) is 6.42 Å². The summed E-state index contributed by atoms with van der Waals surface area (Å²) in [6, 6.07) is 7.38. The molecule has 4 nitrogen and oxygen atoms in total. The van der Waals surface area contributed by atoms with Gasteiger partial charge >= 0.3 is 6.03 Å². The molecule has 2 amide bonds. The molecule has 104 valence electrons. The lowest BCUT2D eigenvalue weighted by atomic mass is 10.1. The van der Waals surface area contributed by atoms with E-state index in [2.05, 4.69) is 17.6 Å². The molecule has 0 saturated heterocycles. The summed E-state index contributed by atoms with van der Waals surface area (Å²) in [6.07, 6.45) is 2.79. The third-order valence-corrected chi connectivity index (χ3v) is 2.85. The van der Waals surface area contributed by atoms with Gasteiger partial charge in [-0.15, -0.1) is 0 Å². The molecule has 0 atom stereocenters. The predicted molar refractivity (Wildman–Crippen MR) is 76.5 cm³/mol. The Morgan fingerprint density at radius 2 is 1.89 bits per heavy atom. The van der Waals surface area contributed by atoms with Gasteiger partial charge in [-0.1, -0.05) is 31.5 Å². The lowest BCUT2D eigenvalue weighted by Gasteiger charge is -2.07. The van der Waals surface area contributed by atoms with Crippen molar-refractivity contribution in [3.63, 3.8) is 0 Å². The van der Waals surface area contributed by atoms with Crippen LogP contribution in [0.4, 0.5) is 4.79 Å². The standard InChI is InChI=1S/C15H22N2O2/c1-3-4-9-16-15(19)17-10-8-13-6-5-7-14(11-13)12(2)18/h5-7,11H,3-4,8-10H2,1-2H3,(H2,16,17,19). The molecular weight excluding hydrogens is 240 g/mol. The van der Waals surface area contributed by atoms with Crippen LogP contribution in [0.25, 0.3) is 0 Å². The Morgan fingerprint density at radius 1 is 1.16 bits per heavy atom. The molecule has 0 aliphatic rings. The van der Waals surface area contributed by atoms with Gasteiger partial charge in [0.1, 0.15) is 0 Å². The lowest BCUT2D eigenvalue weighted by molar-refractivity contribution is 0.101. The van der Waals surface area contributed by atoms with E-state index in [1.807, 2.05) is 18.2 Å². The average Bonchev–Trinajstić information content (AvgIpc) is 2.39. The topological polar surface area (TPSA) is 58.2 Å². The number of ketones is 1. The minimum atomic E-state index is -0.129. The first kappa shape index (κ1) is 15.2. The minimum absolute atomic E-state index is 0.0621. The summed E-state index contributed by atoms with van der Waals surface area (Å²) in [7, 11) is 0. The summed E-state index contributed by atoms with van der Waals surface area (Å²) in [6.45, 7) is 4.92. The Labute approximate surface area is 114 Å². The summed E-state index contributed by atoms with van der Waals surface area (Å²) in [5.41, 5.74) is 1.77. The van der Waals surface area contributed by atoms with E-state index in [0.29, 0.717) is 18.7 Å². The second-order valence-electron chi connectivity index (χ2n) is 4.54. The van der Waals surface area contributed by atoms with Crippen LogP contribution in [-0.4, -0.2) is 24.9 Å². The van der Waals surface area contributed by atoms with E-state index in [4.69, 9.17) is 0 Å². The van der Waals surface area contributed by atoms with E-state index >= 15 is 0 Å². The summed E-state index contributed by atoms with van der Waals surface area (Å²) >= 11 is 0. The molecule has 0 fully saturated rings. The number of Topliss-reactive ketones (excluding diaryl/α,β-unsaturated/α-hetero) is 1. The molecule has 4 heteroatoms. The molecule has 2 N–H and O–H groups in total. The van der Waals surface area contributed by atoms with Crippen LogP contribution in [0.5, 0.6) is 0 Å². The van der Waals surface area contributed by atoms with Crippen molar-refractivity contribution < 1.29 is 9.59 Å². The first-order chi connectivity index (χ1) is 9.13. The molecule has 19 heavy (non-hydrogen) atoms. The van der Waals surface area contributed by atoms with Gasteiger partial charge in [0.05, 0.1) is 0 Å². The molecule has 1 aromatic carbocycles. The normalized spacial score (nSPS) is 10.0. The summed E-state index contributed by atoms with van der Waals surface area (Å²) in [5.74, 6) is 0.0621. The lowest BCUT2D eigenvalue weighted by Crippen LogP contribution is -2.37. The van der Waals surface area contributed by atoms with Crippen molar-refractivity contribution in [2.24, 2.45) is 0 Å². The highest BCUT2D eigenvalue weighted by Crippen LogP contribution is 2.06. The third-order valence-electron chi connectivity index (χ3n) is 2.85. The number of unbranched alkanes of at least 4 members (excludes halogenated alkanes) is 1. The molecule has 0 aromatic heterocycles. The smallest absolute Gasteiger partial charge is 0.314 e.